The van der Waals surface area contributed by atoms with E-state index in [1.54, 1.807) is 0 Å². The summed E-state index contributed by atoms with van der Waals surface area (Å²) in [6.07, 6.45) is 0. The van der Waals surface area contributed by atoms with Crippen LogP contribution in [0.1, 0.15) is 22.3 Å². The Morgan fingerprint density at radius 1 is 0.326 bits per heavy atom. The van der Waals surface area contributed by atoms with Gasteiger partial charge in [0.2, 0.25) is 0 Å². The maximum atomic E-state index is 6.48. The van der Waals surface area contributed by atoms with Crippen LogP contribution in [-0.2, 0) is 5.41 Å². The van der Waals surface area contributed by atoms with Crippen LogP contribution in [0.2, 0.25) is 0 Å². The quantitative estimate of drug-likeness (QED) is 0.187. The Balaban J connectivity index is 1.29. The van der Waals surface area contributed by atoms with Crippen LogP contribution in [0.5, 0.6) is 11.5 Å². The third-order valence-electron chi connectivity index (χ3n) is 10.7. The molecule has 46 heavy (non-hydrogen) atoms. The molecule has 1 aliphatic heterocycles. The number of hydrogen-bond donors (Lipinski definition) is 0. The molecule has 1 atom stereocenters. The molecular weight excluding hydrogens is 556 g/mol. The average molecular weight is 583 g/mol. The fourth-order valence-electron chi connectivity index (χ4n) is 9.00. The van der Waals surface area contributed by atoms with Gasteiger partial charge >= 0.3 is 0 Å². The molecule has 0 radical (unpaired) electrons. The first-order chi connectivity index (χ1) is 22.8. The Morgan fingerprint density at radius 3 is 1.76 bits per heavy atom. The van der Waals surface area contributed by atoms with Gasteiger partial charge < -0.3 is 4.74 Å². The van der Waals surface area contributed by atoms with Crippen LogP contribution >= 0.6 is 0 Å². The molecule has 3 aliphatic rings. The van der Waals surface area contributed by atoms with Gasteiger partial charge in [-0.25, -0.2) is 0 Å². The van der Waals surface area contributed by atoms with Crippen molar-refractivity contribution in [2.24, 2.45) is 0 Å². The Morgan fingerprint density at radius 2 is 0.891 bits per heavy atom. The summed E-state index contributed by atoms with van der Waals surface area (Å²) >= 11 is 0. The highest BCUT2D eigenvalue weighted by molar-refractivity contribution is 6.13. The predicted molar refractivity (Wildman–Crippen MR) is 189 cm³/mol. The van der Waals surface area contributed by atoms with E-state index in [4.69, 9.17) is 4.74 Å². The minimum Gasteiger partial charge on any atom is -0.456 e. The predicted octanol–water partition coefficient (Wildman–Crippen LogP) is 11.8. The van der Waals surface area contributed by atoms with E-state index in [2.05, 4.69) is 158 Å². The number of rotatable bonds is 1. The van der Waals surface area contributed by atoms with E-state index < -0.39 is 5.41 Å². The summed E-state index contributed by atoms with van der Waals surface area (Å²) in [6.45, 7) is 0. The Bertz CT molecular complexity index is 2630. The molecular formula is C45H26O. The zero-order valence-electron chi connectivity index (χ0n) is 24.9. The van der Waals surface area contributed by atoms with Crippen molar-refractivity contribution in [1.29, 1.82) is 0 Å². The third kappa shape index (κ3) is 2.83. The Labute approximate surface area is 267 Å². The van der Waals surface area contributed by atoms with Crippen molar-refractivity contribution >= 4 is 21.5 Å². The topological polar surface area (TPSA) is 9.23 Å². The van der Waals surface area contributed by atoms with Crippen molar-refractivity contribution in [2.45, 2.75) is 5.41 Å². The molecule has 2 aliphatic carbocycles. The van der Waals surface area contributed by atoms with Gasteiger partial charge in [0, 0.05) is 16.5 Å². The molecule has 8 aromatic rings. The lowest BCUT2D eigenvalue weighted by Crippen LogP contribution is -2.25. The van der Waals surface area contributed by atoms with Crippen molar-refractivity contribution in [3.63, 3.8) is 0 Å². The summed E-state index contributed by atoms with van der Waals surface area (Å²) in [4.78, 5) is 0. The highest BCUT2D eigenvalue weighted by atomic mass is 16.5. The van der Waals surface area contributed by atoms with Gasteiger partial charge in [0.05, 0.1) is 5.41 Å². The second-order valence-electron chi connectivity index (χ2n) is 12.7. The molecule has 0 saturated carbocycles. The second kappa shape index (κ2) is 8.62. The van der Waals surface area contributed by atoms with Crippen molar-refractivity contribution in [3.05, 3.63) is 180 Å². The van der Waals surface area contributed by atoms with E-state index in [0.717, 1.165) is 17.1 Å². The summed E-state index contributed by atoms with van der Waals surface area (Å²) in [5.41, 5.74) is 15.3. The summed E-state index contributed by atoms with van der Waals surface area (Å²) in [7, 11) is 0. The smallest absolute Gasteiger partial charge is 0.135 e. The van der Waals surface area contributed by atoms with Crippen molar-refractivity contribution in [3.8, 4) is 56.0 Å². The van der Waals surface area contributed by atoms with E-state index in [0.29, 0.717) is 0 Å². The molecule has 0 N–H and O–H groups in total. The Kier molecular flexibility index (Phi) is 4.57. The van der Waals surface area contributed by atoms with Crippen molar-refractivity contribution in [2.75, 3.05) is 0 Å². The lowest BCUT2D eigenvalue weighted by Gasteiger charge is -2.31. The standard InChI is InChI=1S/C45H26O/c1-2-13-29-27(11-1)24-26-38-42(29)32-14-3-6-18-35(32)45(38)36-19-7-4-15-33(36)43-30(17-10-20-37(43)45)31-25-23-28-12-9-22-40-41(28)44(31)34-16-5-8-21-39(34)46-40/h1-26H. The Hall–Kier alpha value is -5.92. The van der Waals surface area contributed by atoms with Gasteiger partial charge in [0.1, 0.15) is 11.5 Å². The highest BCUT2D eigenvalue weighted by Crippen LogP contribution is 2.65. The molecule has 0 aromatic heterocycles. The van der Waals surface area contributed by atoms with E-state index >= 15 is 0 Å². The van der Waals surface area contributed by atoms with Gasteiger partial charge in [0.15, 0.2) is 0 Å². The van der Waals surface area contributed by atoms with Crippen LogP contribution in [0.15, 0.2) is 158 Å². The van der Waals surface area contributed by atoms with Crippen LogP contribution in [0.4, 0.5) is 0 Å². The van der Waals surface area contributed by atoms with Gasteiger partial charge in [0.25, 0.3) is 0 Å². The van der Waals surface area contributed by atoms with Crippen LogP contribution in [0.3, 0.4) is 0 Å². The SMILES string of the molecule is c1ccc2c(c1)Oc1cccc3ccc(-c4cccc5c4-c4ccccc4C54c5ccccc5-c5c4ccc4ccccc54)c-2c13. The molecule has 0 amide bonds. The minimum atomic E-state index is -0.405. The molecule has 212 valence electrons. The monoisotopic (exact) mass is 582 g/mol. The number of hydrogen-bond acceptors (Lipinski definition) is 1. The maximum Gasteiger partial charge on any atom is 0.135 e. The van der Waals surface area contributed by atoms with Crippen LogP contribution in [-0.4, -0.2) is 0 Å². The zero-order valence-corrected chi connectivity index (χ0v) is 24.9. The van der Waals surface area contributed by atoms with E-state index in [1.807, 2.05) is 0 Å². The summed E-state index contributed by atoms with van der Waals surface area (Å²) < 4.78 is 6.48. The molecule has 1 heteroatoms. The molecule has 1 heterocycles. The normalized spacial score (nSPS) is 16.1. The average Bonchev–Trinajstić information content (AvgIpc) is 3.60. The molecule has 1 spiro atoms. The van der Waals surface area contributed by atoms with Gasteiger partial charge in [-0.3, -0.25) is 0 Å². The number of fused-ring (bicyclic) bond motifs is 14. The van der Waals surface area contributed by atoms with Gasteiger partial charge in [-0.2, -0.15) is 0 Å². The molecule has 0 saturated heterocycles. The first-order valence-corrected chi connectivity index (χ1v) is 16.0. The van der Waals surface area contributed by atoms with E-state index in [9.17, 15) is 0 Å². The fraction of sp³-hybridized carbons (Fsp3) is 0.0222. The first kappa shape index (κ1) is 24.4. The van der Waals surface area contributed by atoms with Crippen molar-refractivity contribution in [1.82, 2.24) is 0 Å². The van der Waals surface area contributed by atoms with Crippen molar-refractivity contribution < 1.29 is 4.74 Å². The summed E-state index contributed by atoms with van der Waals surface area (Å²) in [5, 5.41) is 4.97. The van der Waals surface area contributed by atoms with Crippen LogP contribution in [0.25, 0.3) is 66.1 Å². The van der Waals surface area contributed by atoms with Gasteiger partial charge in [-0.15, -0.1) is 0 Å². The second-order valence-corrected chi connectivity index (χ2v) is 12.7. The fourth-order valence-corrected chi connectivity index (χ4v) is 9.00. The molecule has 0 bridgehead atoms. The highest BCUT2D eigenvalue weighted by Gasteiger charge is 2.52. The van der Waals surface area contributed by atoms with Gasteiger partial charge in [-0.05, 0) is 83.9 Å². The molecule has 0 fully saturated rings. The lowest BCUT2D eigenvalue weighted by molar-refractivity contribution is 0.487. The number of benzene rings is 8. The summed E-state index contributed by atoms with van der Waals surface area (Å²) in [5.74, 6) is 1.83. The summed E-state index contributed by atoms with van der Waals surface area (Å²) in [6, 6.07) is 58.2. The molecule has 8 aromatic carbocycles. The molecule has 1 nitrogen and oxygen atoms in total. The molecule has 1 unspecified atom stereocenters. The van der Waals surface area contributed by atoms with Crippen LogP contribution < -0.4 is 4.74 Å². The number of para-hydroxylation sites is 1. The van der Waals surface area contributed by atoms with E-state index in [-0.39, 0.29) is 0 Å². The van der Waals surface area contributed by atoms with Crippen LogP contribution in [0, 0.1) is 0 Å². The van der Waals surface area contributed by atoms with E-state index in [1.165, 1.54) is 82.7 Å². The zero-order chi connectivity index (χ0) is 30.0. The van der Waals surface area contributed by atoms with Gasteiger partial charge in [-0.1, -0.05) is 146 Å². The minimum absolute atomic E-state index is 0.405. The largest absolute Gasteiger partial charge is 0.456 e. The molecule has 11 rings (SSSR count). The third-order valence-corrected chi connectivity index (χ3v) is 10.7. The maximum absolute atomic E-state index is 6.48. The lowest BCUT2D eigenvalue weighted by atomic mass is 9.70. The number of ether oxygens (including phenoxy) is 1. The first-order valence-electron chi connectivity index (χ1n) is 16.0.